The summed E-state index contributed by atoms with van der Waals surface area (Å²) in [5, 5.41) is 0. The number of hydrogen-bond acceptors (Lipinski definition) is 0. The van der Waals surface area contributed by atoms with E-state index in [9.17, 15) is 0 Å². The van der Waals surface area contributed by atoms with E-state index in [0.717, 1.165) is 17.8 Å². The van der Waals surface area contributed by atoms with Crippen LogP contribution in [-0.2, 0) is 0 Å². The Bertz CT molecular complexity index is 107. The minimum atomic E-state index is 1.13. The minimum Gasteiger partial charge on any atom is -0.0651 e. The van der Waals surface area contributed by atoms with E-state index < -0.39 is 0 Å². The first-order chi connectivity index (χ1) is 4.40. The molecule has 3 atom stereocenters. The molecule has 0 aromatic carbocycles. The predicted octanol–water partition coefficient (Wildman–Crippen LogP) is 2.83. The van der Waals surface area contributed by atoms with Crippen molar-refractivity contribution in [3.05, 3.63) is 0 Å². The summed E-state index contributed by atoms with van der Waals surface area (Å²) in [5.41, 5.74) is 0. The van der Waals surface area contributed by atoms with E-state index in [1.807, 2.05) is 0 Å². The molecule has 0 N–H and O–H groups in total. The highest BCUT2D eigenvalue weighted by molar-refractivity contribution is 4.88. The van der Waals surface area contributed by atoms with E-state index in [4.69, 9.17) is 0 Å². The molecule has 0 spiro atoms. The van der Waals surface area contributed by atoms with Crippen LogP contribution in [0.3, 0.4) is 0 Å². The molecule has 2 rings (SSSR count). The Morgan fingerprint density at radius 3 is 2.44 bits per heavy atom. The Balaban J connectivity index is 2.01. The second-order valence-corrected chi connectivity index (χ2v) is 3.84. The minimum absolute atomic E-state index is 1.13. The first kappa shape index (κ1) is 5.76. The Morgan fingerprint density at radius 2 is 2.11 bits per heavy atom. The molecule has 9 heavy (non-hydrogen) atoms. The highest BCUT2D eigenvalue weighted by atomic mass is 14.4. The molecular weight excluding hydrogens is 108 g/mol. The zero-order valence-electron chi connectivity index (χ0n) is 6.27. The van der Waals surface area contributed by atoms with E-state index in [1.165, 1.54) is 6.42 Å². The van der Waals surface area contributed by atoms with Crippen LogP contribution in [0.25, 0.3) is 0 Å². The second-order valence-electron chi connectivity index (χ2n) is 3.84. The molecule has 0 saturated heterocycles. The van der Waals surface area contributed by atoms with Crippen LogP contribution in [0.15, 0.2) is 0 Å². The average molecular weight is 124 g/mol. The standard InChI is InChI=1S/C9H16/c1-2-8-5-7-3-4-9(8)6-7/h7-9H,2-6H2,1H3/t7-,8+,9+/m1/s1. The van der Waals surface area contributed by atoms with Crippen LogP contribution < -0.4 is 0 Å². The summed E-state index contributed by atoms with van der Waals surface area (Å²) < 4.78 is 0. The molecule has 2 fully saturated rings. The lowest BCUT2D eigenvalue weighted by molar-refractivity contribution is 0.324. The van der Waals surface area contributed by atoms with Gasteiger partial charge in [-0.3, -0.25) is 0 Å². The van der Waals surface area contributed by atoms with Crippen LogP contribution in [-0.4, -0.2) is 0 Å². The topological polar surface area (TPSA) is 0 Å². The largest absolute Gasteiger partial charge is 0.0651 e. The number of fused-ring (bicyclic) bond motifs is 2. The van der Waals surface area contributed by atoms with Gasteiger partial charge in [-0.25, -0.2) is 0 Å². The van der Waals surface area contributed by atoms with Gasteiger partial charge in [-0.15, -0.1) is 0 Å². The average Bonchev–Trinajstić information content (AvgIpc) is 2.45. The van der Waals surface area contributed by atoms with Gasteiger partial charge >= 0.3 is 0 Å². The molecule has 0 aromatic heterocycles. The summed E-state index contributed by atoms with van der Waals surface area (Å²) in [6, 6.07) is 0. The van der Waals surface area contributed by atoms with Gasteiger partial charge in [-0.2, -0.15) is 0 Å². The van der Waals surface area contributed by atoms with Crippen LogP contribution >= 0.6 is 0 Å². The fourth-order valence-corrected chi connectivity index (χ4v) is 2.88. The lowest BCUT2D eigenvalue weighted by Gasteiger charge is -2.18. The molecule has 2 aliphatic rings. The van der Waals surface area contributed by atoms with E-state index >= 15 is 0 Å². The van der Waals surface area contributed by atoms with Gasteiger partial charge in [0, 0.05) is 0 Å². The summed E-state index contributed by atoms with van der Waals surface area (Å²) in [4.78, 5) is 0. The quantitative estimate of drug-likeness (QED) is 0.504. The number of hydrogen-bond donors (Lipinski definition) is 0. The molecule has 0 radical (unpaired) electrons. The zero-order chi connectivity index (χ0) is 6.27. The molecule has 2 saturated carbocycles. The molecule has 0 unspecified atom stereocenters. The highest BCUT2D eigenvalue weighted by Crippen LogP contribution is 2.49. The van der Waals surface area contributed by atoms with Gasteiger partial charge in [0.2, 0.25) is 0 Å². The summed E-state index contributed by atoms with van der Waals surface area (Å²) in [6.45, 7) is 2.35. The third kappa shape index (κ3) is 0.798. The summed E-state index contributed by atoms with van der Waals surface area (Å²) in [5.74, 6) is 3.43. The van der Waals surface area contributed by atoms with Gasteiger partial charge in [-0.1, -0.05) is 19.8 Å². The highest BCUT2D eigenvalue weighted by Gasteiger charge is 2.37. The number of rotatable bonds is 1. The molecular formula is C9H16. The summed E-state index contributed by atoms with van der Waals surface area (Å²) >= 11 is 0. The monoisotopic (exact) mass is 124 g/mol. The van der Waals surface area contributed by atoms with Gasteiger partial charge in [0.1, 0.15) is 0 Å². The van der Waals surface area contributed by atoms with Crippen molar-refractivity contribution < 1.29 is 0 Å². The van der Waals surface area contributed by atoms with Crippen molar-refractivity contribution in [1.29, 1.82) is 0 Å². The van der Waals surface area contributed by atoms with Crippen LogP contribution in [0.4, 0.5) is 0 Å². The van der Waals surface area contributed by atoms with Crippen LogP contribution in [0.5, 0.6) is 0 Å². The SMILES string of the molecule is CC[C@H]1C[C@H]2CC[C@H]1C2. The molecule has 0 amide bonds. The lowest BCUT2D eigenvalue weighted by atomic mass is 9.87. The van der Waals surface area contributed by atoms with Crippen molar-refractivity contribution in [1.82, 2.24) is 0 Å². The van der Waals surface area contributed by atoms with Crippen LogP contribution in [0.1, 0.15) is 39.0 Å². The maximum Gasteiger partial charge on any atom is -0.0383 e. The van der Waals surface area contributed by atoms with E-state index in [-0.39, 0.29) is 0 Å². The fourth-order valence-electron chi connectivity index (χ4n) is 2.88. The molecule has 0 aromatic rings. The van der Waals surface area contributed by atoms with E-state index in [2.05, 4.69) is 6.92 Å². The van der Waals surface area contributed by atoms with Gasteiger partial charge in [0.05, 0.1) is 0 Å². The lowest BCUT2D eigenvalue weighted by Crippen LogP contribution is -2.08. The molecule has 0 heterocycles. The van der Waals surface area contributed by atoms with Crippen molar-refractivity contribution in [3.63, 3.8) is 0 Å². The van der Waals surface area contributed by atoms with Gasteiger partial charge in [-0.05, 0) is 37.0 Å². The van der Waals surface area contributed by atoms with Crippen molar-refractivity contribution in [2.24, 2.45) is 17.8 Å². The van der Waals surface area contributed by atoms with Gasteiger partial charge in [0.15, 0.2) is 0 Å². The van der Waals surface area contributed by atoms with Crippen molar-refractivity contribution in [2.45, 2.75) is 39.0 Å². The third-order valence-corrected chi connectivity index (χ3v) is 3.41. The Labute approximate surface area is 57.6 Å². The van der Waals surface area contributed by atoms with Crippen molar-refractivity contribution in [2.75, 3.05) is 0 Å². The fraction of sp³-hybridized carbons (Fsp3) is 1.00. The zero-order valence-corrected chi connectivity index (χ0v) is 6.27. The third-order valence-electron chi connectivity index (χ3n) is 3.41. The molecule has 2 aliphatic carbocycles. The molecule has 2 bridgehead atoms. The van der Waals surface area contributed by atoms with E-state index in [0.29, 0.717) is 0 Å². The van der Waals surface area contributed by atoms with E-state index in [1.54, 1.807) is 25.7 Å². The summed E-state index contributed by atoms with van der Waals surface area (Å²) in [7, 11) is 0. The van der Waals surface area contributed by atoms with Gasteiger partial charge in [0.25, 0.3) is 0 Å². The van der Waals surface area contributed by atoms with Crippen molar-refractivity contribution >= 4 is 0 Å². The summed E-state index contributed by atoms with van der Waals surface area (Å²) in [6.07, 6.45) is 7.71. The molecule has 52 valence electrons. The Morgan fingerprint density at radius 1 is 1.22 bits per heavy atom. The van der Waals surface area contributed by atoms with Gasteiger partial charge < -0.3 is 0 Å². The maximum atomic E-state index is 2.35. The Kier molecular flexibility index (Phi) is 1.28. The van der Waals surface area contributed by atoms with Crippen LogP contribution in [0.2, 0.25) is 0 Å². The smallest absolute Gasteiger partial charge is 0.0383 e. The molecule has 0 aliphatic heterocycles. The van der Waals surface area contributed by atoms with Crippen molar-refractivity contribution in [3.8, 4) is 0 Å². The molecule has 0 heteroatoms. The normalized spacial score (nSPS) is 48.3. The predicted molar refractivity (Wildman–Crippen MR) is 39.2 cm³/mol. The maximum absolute atomic E-state index is 2.35. The first-order valence-electron chi connectivity index (χ1n) is 4.40. The molecule has 0 nitrogen and oxygen atoms in total. The second kappa shape index (κ2) is 2.00. The first-order valence-corrected chi connectivity index (χ1v) is 4.40. The van der Waals surface area contributed by atoms with Crippen LogP contribution in [0, 0.1) is 17.8 Å². The Hall–Kier alpha value is 0.